The van der Waals surface area contributed by atoms with Gasteiger partial charge in [-0.25, -0.2) is 9.78 Å². The van der Waals surface area contributed by atoms with Crippen LogP contribution in [-0.2, 0) is 16.0 Å². The van der Waals surface area contributed by atoms with E-state index >= 15 is 0 Å². The van der Waals surface area contributed by atoms with Crippen molar-refractivity contribution >= 4 is 34.3 Å². The Morgan fingerprint density at radius 1 is 1.38 bits per heavy atom. The Kier molecular flexibility index (Phi) is 4.90. The van der Waals surface area contributed by atoms with Gasteiger partial charge in [0.15, 0.2) is 11.5 Å². The Balaban J connectivity index is 2.19. The maximum absolute atomic E-state index is 12.4. The van der Waals surface area contributed by atoms with Gasteiger partial charge in [-0.2, -0.15) is 0 Å². The van der Waals surface area contributed by atoms with E-state index in [1.165, 1.54) is 25.6 Å². The average Bonchev–Trinajstić information content (AvgIpc) is 3.26. The minimum atomic E-state index is -0.618. The summed E-state index contributed by atoms with van der Waals surface area (Å²) >= 11 is 0. The highest BCUT2D eigenvalue weighted by molar-refractivity contribution is 6.14. The van der Waals surface area contributed by atoms with Crippen LogP contribution in [0.3, 0.4) is 0 Å². The highest BCUT2D eigenvalue weighted by Gasteiger charge is 2.26. The van der Waals surface area contributed by atoms with Gasteiger partial charge in [0.05, 0.1) is 37.6 Å². The standard InChI is InChI=1S/C17H18N4O5/c1-24-7-5-21-14(17(23)25-2)13(11-8-10(18)9-19-15(11)21)20-16(22)12-4-3-6-26-12/h3-4,6,8-9H,5,7,18H2,1-2H3,(H,20,22). The van der Waals surface area contributed by atoms with Crippen LogP contribution in [0, 0.1) is 0 Å². The van der Waals surface area contributed by atoms with Crippen LogP contribution >= 0.6 is 0 Å². The maximum Gasteiger partial charge on any atom is 0.356 e. The Bertz CT molecular complexity index is 946. The third-order valence-corrected chi connectivity index (χ3v) is 3.80. The van der Waals surface area contributed by atoms with E-state index in [1.54, 1.807) is 23.8 Å². The number of fused-ring (bicyclic) bond motifs is 1. The first-order chi connectivity index (χ1) is 12.6. The molecule has 1 amide bonds. The summed E-state index contributed by atoms with van der Waals surface area (Å²) < 4.78 is 16.7. The SMILES string of the molecule is COCCn1c(C(=O)OC)c(NC(=O)c2ccco2)c2cc(N)cnc21. The van der Waals surface area contributed by atoms with Crippen molar-refractivity contribution in [2.75, 3.05) is 31.9 Å². The fraction of sp³-hybridized carbons (Fsp3) is 0.235. The molecule has 0 aliphatic rings. The Morgan fingerprint density at radius 2 is 2.19 bits per heavy atom. The first kappa shape index (κ1) is 17.5. The number of hydrogen-bond donors (Lipinski definition) is 2. The van der Waals surface area contributed by atoms with Crippen molar-refractivity contribution < 1.29 is 23.5 Å². The molecule has 0 unspecified atom stereocenters. The second kappa shape index (κ2) is 7.28. The molecule has 9 heteroatoms. The lowest BCUT2D eigenvalue weighted by molar-refractivity contribution is 0.0588. The molecule has 0 saturated carbocycles. The second-order valence-corrected chi connectivity index (χ2v) is 5.43. The molecule has 0 aliphatic heterocycles. The molecule has 0 aromatic carbocycles. The van der Waals surface area contributed by atoms with Gasteiger partial charge in [-0.1, -0.05) is 0 Å². The monoisotopic (exact) mass is 358 g/mol. The molecule has 3 aromatic rings. The van der Waals surface area contributed by atoms with Gasteiger partial charge in [0, 0.05) is 19.0 Å². The van der Waals surface area contributed by atoms with Crippen LogP contribution in [0.2, 0.25) is 0 Å². The highest BCUT2D eigenvalue weighted by Crippen LogP contribution is 2.32. The molecule has 0 saturated heterocycles. The van der Waals surface area contributed by atoms with Gasteiger partial charge >= 0.3 is 5.97 Å². The molecule has 26 heavy (non-hydrogen) atoms. The van der Waals surface area contributed by atoms with Gasteiger partial charge in [-0.3, -0.25) is 4.79 Å². The normalized spacial score (nSPS) is 10.8. The van der Waals surface area contributed by atoms with Crippen molar-refractivity contribution in [2.24, 2.45) is 0 Å². The minimum absolute atomic E-state index is 0.107. The number of nitrogens with zero attached hydrogens (tertiary/aromatic N) is 2. The molecule has 0 atom stereocenters. The van der Waals surface area contributed by atoms with Gasteiger partial charge in [-0.15, -0.1) is 0 Å². The number of aromatic nitrogens is 2. The lowest BCUT2D eigenvalue weighted by Gasteiger charge is -2.10. The number of amides is 1. The molecule has 3 N–H and O–H groups in total. The van der Waals surface area contributed by atoms with E-state index in [0.29, 0.717) is 29.9 Å². The van der Waals surface area contributed by atoms with Crippen LogP contribution < -0.4 is 11.1 Å². The summed E-state index contributed by atoms with van der Waals surface area (Å²) in [5.74, 6) is -1.02. The van der Waals surface area contributed by atoms with E-state index in [9.17, 15) is 9.59 Å². The summed E-state index contributed by atoms with van der Waals surface area (Å²) in [6.07, 6.45) is 2.86. The number of nitrogen functional groups attached to an aromatic ring is 1. The van der Waals surface area contributed by atoms with Crippen molar-refractivity contribution in [1.82, 2.24) is 9.55 Å². The molecule has 3 rings (SSSR count). The number of nitrogens with one attached hydrogen (secondary N) is 1. The largest absolute Gasteiger partial charge is 0.464 e. The first-order valence-electron chi connectivity index (χ1n) is 7.76. The molecule has 0 aliphatic carbocycles. The quantitative estimate of drug-likeness (QED) is 0.645. The minimum Gasteiger partial charge on any atom is -0.464 e. The molecule has 0 spiro atoms. The summed E-state index contributed by atoms with van der Waals surface area (Å²) in [7, 11) is 2.81. The van der Waals surface area contributed by atoms with E-state index in [4.69, 9.17) is 19.6 Å². The predicted molar refractivity (Wildman–Crippen MR) is 94.0 cm³/mol. The van der Waals surface area contributed by atoms with E-state index in [0.717, 1.165) is 0 Å². The number of carbonyl (C=O) groups excluding carboxylic acids is 2. The Labute approximate surface area is 148 Å². The lowest BCUT2D eigenvalue weighted by Crippen LogP contribution is -2.18. The highest BCUT2D eigenvalue weighted by atomic mass is 16.5. The molecule has 3 aromatic heterocycles. The van der Waals surface area contributed by atoms with Crippen molar-refractivity contribution in [3.63, 3.8) is 0 Å². The Hall–Kier alpha value is -3.33. The fourth-order valence-electron chi connectivity index (χ4n) is 2.66. The molecule has 0 bridgehead atoms. The van der Waals surface area contributed by atoms with Crippen molar-refractivity contribution in [3.8, 4) is 0 Å². The van der Waals surface area contributed by atoms with Gasteiger partial charge in [0.25, 0.3) is 5.91 Å². The smallest absolute Gasteiger partial charge is 0.356 e. The van der Waals surface area contributed by atoms with Crippen LogP contribution in [0.25, 0.3) is 11.0 Å². The second-order valence-electron chi connectivity index (χ2n) is 5.43. The summed E-state index contributed by atoms with van der Waals surface area (Å²) in [6.45, 7) is 0.677. The van der Waals surface area contributed by atoms with Crippen LogP contribution in [-0.4, -0.2) is 42.3 Å². The number of ether oxygens (including phenoxy) is 2. The van der Waals surface area contributed by atoms with Gasteiger partial charge in [0.2, 0.25) is 0 Å². The third-order valence-electron chi connectivity index (χ3n) is 3.80. The topological polar surface area (TPSA) is 122 Å². The van der Waals surface area contributed by atoms with Crippen LogP contribution in [0.4, 0.5) is 11.4 Å². The molecule has 136 valence electrons. The number of esters is 1. The number of hydrogen-bond acceptors (Lipinski definition) is 7. The zero-order chi connectivity index (χ0) is 18.7. The number of carbonyl (C=O) groups is 2. The summed E-state index contributed by atoms with van der Waals surface area (Å²) in [4.78, 5) is 29.2. The number of pyridine rings is 1. The molecular formula is C17H18N4O5. The molecule has 3 heterocycles. The van der Waals surface area contributed by atoms with Crippen molar-refractivity contribution in [3.05, 3.63) is 42.1 Å². The summed E-state index contributed by atoms with van der Waals surface area (Å²) in [6, 6.07) is 4.75. The number of methoxy groups -OCH3 is 2. The first-order valence-corrected chi connectivity index (χ1v) is 7.76. The third kappa shape index (κ3) is 3.11. The molecule has 0 radical (unpaired) electrons. The number of furan rings is 1. The van der Waals surface area contributed by atoms with Gasteiger partial charge < -0.3 is 29.5 Å². The molecule has 0 fully saturated rings. The van der Waals surface area contributed by atoms with Crippen LogP contribution in [0.5, 0.6) is 0 Å². The number of rotatable bonds is 6. The Morgan fingerprint density at radius 3 is 2.85 bits per heavy atom. The van der Waals surface area contributed by atoms with Crippen LogP contribution in [0.15, 0.2) is 35.1 Å². The molecule has 9 nitrogen and oxygen atoms in total. The maximum atomic E-state index is 12.4. The zero-order valence-corrected chi connectivity index (χ0v) is 14.3. The van der Waals surface area contributed by atoms with Crippen molar-refractivity contribution in [1.29, 1.82) is 0 Å². The summed E-state index contributed by atoms with van der Waals surface area (Å²) in [5.41, 5.74) is 7.12. The van der Waals surface area contributed by atoms with Crippen LogP contribution in [0.1, 0.15) is 21.0 Å². The van der Waals surface area contributed by atoms with E-state index in [1.807, 2.05) is 0 Å². The van der Waals surface area contributed by atoms with Gasteiger partial charge in [-0.05, 0) is 18.2 Å². The zero-order valence-electron chi connectivity index (χ0n) is 14.3. The number of anilines is 2. The van der Waals surface area contributed by atoms with Gasteiger partial charge in [0.1, 0.15) is 5.65 Å². The average molecular weight is 358 g/mol. The lowest BCUT2D eigenvalue weighted by atomic mass is 10.2. The summed E-state index contributed by atoms with van der Waals surface area (Å²) in [5, 5.41) is 3.22. The van der Waals surface area contributed by atoms with Crippen molar-refractivity contribution in [2.45, 2.75) is 6.54 Å². The number of nitrogens with two attached hydrogens (primary N) is 1. The molecular weight excluding hydrogens is 340 g/mol. The van der Waals surface area contributed by atoms with E-state index in [2.05, 4.69) is 10.3 Å². The predicted octanol–water partition coefficient (Wildman–Crippen LogP) is 1.90. The van der Waals surface area contributed by atoms with E-state index in [-0.39, 0.29) is 17.1 Å². The fourth-order valence-corrected chi connectivity index (χ4v) is 2.66. The van der Waals surface area contributed by atoms with E-state index < -0.39 is 11.9 Å².